The number of hydrogen-bond acceptors (Lipinski definition) is 5. The van der Waals surface area contributed by atoms with Crippen LogP contribution in [0.4, 0.5) is 0 Å². The maximum absolute atomic E-state index is 10.9. The molecule has 0 amide bonds. The number of aromatic nitrogens is 5. The molecule has 0 atom stereocenters. The fraction of sp³-hybridized carbons (Fsp3) is 0. The highest BCUT2D eigenvalue weighted by molar-refractivity contribution is 6.27. The molecule has 0 aliphatic carbocycles. The van der Waals surface area contributed by atoms with E-state index in [1.165, 1.54) is 5.39 Å². The average Bonchev–Trinajstić information content (AvgIpc) is 3.95. The lowest BCUT2D eigenvalue weighted by Crippen LogP contribution is -2.02. The summed E-state index contributed by atoms with van der Waals surface area (Å²) in [5.41, 5.74) is 10.6. The lowest BCUT2D eigenvalue weighted by atomic mass is 10.0. The number of rotatable bonds is 5. The molecule has 0 saturated carbocycles. The summed E-state index contributed by atoms with van der Waals surface area (Å²) in [5, 5.41) is 17.4. The number of nitriles is 1. The number of benzene rings is 8. The Morgan fingerprint density at radius 3 is 1.66 bits per heavy atom. The molecule has 0 aliphatic rings. The van der Waals surface area contributed by atoms with Crippen LogP contribution in [0.2, 0.25) is 0 Å². The standard InChI is InChI=1S/C52H30N6O/c53-31-35-28-34(52-55-50(32-14-4-1-5-15-32)54-51(56-52)33-16-6-2-7-17-33)24-26-42(35)58-44-23-13-10-20-37(44)39-25-27-46-48(49(39)58)41-29-40-38-21-11-12-22-43(38)57(36-18-8-3-9-19-36)45(40)30-47(41)59-46/h1-30H. The Morgan fingerprint density at radius 2 is 1.00 bits per heavy atom. The van der Waals surface area contributed by atoms with E-state index >= 15 is 0 Å². The predicted octanol–water partition coefficient (Wildman–Crippen LogP) is 12.8. The minimum absolute atomic E-state index is 0.491. The largest absolute Gasteiger partial charge is 0.456 e. The molecule has 4 heterocycles. The van der Waals surface area contributed by atoms with Crippen LogP contribution in [0.3, 0.4) is 0 Å². The molecule has 0 N–H and O–H groups in total. The van der Waals surface area contributed by atoms with Crippen molar-refractivity contribution in [2.45, 2.75) is 0 Å². The van der Waals surface area contributed by atoms with Gasteiger partial charge in [-0.3, -0.25) is 0 Å². The molecule has 59 heavy (non-hydrogen) atoms. The number of hydrogen-bond donors (Lipinski definition) is 0. The highest BCUT2D eigenvalue weighted by atomic mass is 16.3. The SMILES string of the molecule is N#Cc1cc(-c2nc(-c3ccccc3)nc(-c3ccccc3)n2)ccc1-n1c2ccccc2c2ccc3oc4cc5c(cc4c3c21)c1ccccc1n5-c1ccccc1. The van der Waals surface area contributed by atoms with Gasteiger partial charge in [0.15, 0.2) is 17.5 Å². The van der Waals surface area contributed by atoms with Crippen molar-refractivity contribution < 1.29 is 4.42 Å². The Bertz CT molecular complexity index is 3610. The quantitative estimate of drug-likeness (QED) is 0.175. The van der Waals surface area contributed by atoms with Crippen LogP contribution < -0.4 is 0 Å². The smallest absolute Gasteiger partial charge is 0.164 e. The van der Waals surface area contributed by atoms with Crippen molar-refractivity contribution in [3.8, 4) is 51.6 Å². The van der Waals surface area contributed by atoms with E-state index in [0.29, 0.717) is 23.0 Å². The average molecular weight is 755 g/mol. The predicted molar refractivity (Wildman–Crippen MR) is 237 cm³/mol. The summed E-state index contributed by atoms with van der Waals surface area (Å²) < 4.78 is 11.3. The summed E-state index contributed by atoms with van der Waals surface area (Å²) in [7, 11) is 0. The van der Waals surface area contributed by atoms with Crippen molar-refractivity contribution in [3.05, 3.63) is 188 Å². The second-order valence-corrected chi connectivity index (χ2v) is 14.7. The number of para-hydroxylation sites is 3. The molecule has 0 fully saturated rings. The Kier molecular flexibility index (Phi) is 7.16. The molecular weight excluding hydrogens is 725 g/mol. The van der Waals surface area contributed by atoms with E-state index in [2.05, 4.69) is 106 Å². The molecule has 0 saturated heterocycles. The van der Waals surface area contributed by atoms with Gasteiger partial charge in [0.25, 0.3) is 0 Å². The van der Waals surface area contributed by atoms with Crippen molar-refractivity contribution >= 4 is 65.6 Å². The first-order chi connectivity index (χ1) is 29.2. The monoisotopic (exact) mass is 754 g/mol. The van der Waals surface area contributed by atoms with Gasteiger partial charge in [-0.2, -0.15) is 5.26 Å². The molecule has 8 aromatic carbocycles. The Balaban J connectivity index is 1.11. The molecule has 7 heteroatoms. The third-order valence-corrected chi connectivity index (χ3v) is 11.4. The highest BCUT2D eigenvalue weighted by Gasteiger charge is 2.23. The van der Waals surface area contributed by atoms with Gasteiger partial charge in [-0.1, -0.05) is 115 Å². The van der Waals surface area contributed by atoms with Crippen LogP contribution in [0.5, 0.6) is 0 Å². The van der Waals surface area contributed by atoms with Gasteiger partial charge < -0.3 is 13.6 Å². The van der Waals surface area contributed by atoms with Crippen molar-refractivity contribution in [3.63, 3.8) is 0 Å². The van der Waals surface area contributed by atoms with Gasteiger partial charge in [0.05, 0.1) is 38.7 Å². The third-order valence-electron chi connectivity index (χ3n) is 11.4. The van der Waals surface area contributed by atoms with E-state index in [1.807, 2.05) is 91.0 Å². The first kappa shape index (κ1) is 32.9. The van der Waals surface area contributed by atoms with Gasteiger partial charge in [0.1, 0.15) is 17.2 Å². The molecule has 12 rings (SSSR count). The Labute approximate surface area is 337 Å². The molecule has 274 valence electrons. The van der Waals surface area contributed by atoms with Crippen molar-refractivity contribution in [2.24, 2.45) is 0 Å². The highest BCUT2D eigenvalue weighted by Crippen LogP contribution is 2.44. The summed E-state index contributed by atoms with van der Waals surface area (Å²) in [6.45, 7) is 0. The van der Waals surface area contributed by atoms with Crippen molar-refractivity contribution in [1.29, 1.82) is 5.26 Å². The zero-order valence-corrected chi connectivity index (χ0v) is 31.4. The topological polar surface area (TPSA) is 85.5 Å². The van der Waals surface area contributed by atoms with E-state index in [-0.39, 0.29) is 0 Å². The molecular formula is C52H30N6O. The summed E-state index contributed by atoms with van der Waals surface area (Å²) in [5.74, 6) is 1.62. The maximum Gasteiger partial charge on any atom is 0.164 e. The summed E-state index contributed by atoms with van der Waals surface area (Å²) in [4.78, 5) is 14.8. The lowest BCUT2D eigenvalue weighted by Gasteiger charge is -2.13. The van der Waals surface area contributed by atoms with Crippen LogP contribution in [-0.4, -0.2) is 24.1 Å². The van der Waals surface area contributed by atoms with Gasteiger partial charge in [0.2, 0.25) is 0 Å². The van der Waals surface area contributed by atoms with E-state index in [4.69, 9.17) is 19.4 Å². The molecule has 12 aromatic rings. The molecule has 0 spiro atoms. The molecule has 0 unspecified atom stereocenters. The summed E-state index contributed by atoms with van der Waals surface area (Å²) >= 11 is 0. The second kappa shape index (κ2) is 12.8. The van der Waals surface area contributed by atoms with E-state index in [9.17, 15) is 5.26 Å². The van der Waals surface area contributed by atoms with Crippen LogP contribution in [0.25, 0.3) is 111 Å². The first-order valence-electron chi connectivity index (χ1n) is 19.5. The lowest BCUT2D eigenvalue weighted by molar-refractivity contribution is 0.669. The van der Waals surface area contributed by atoms with Crippen LogP contribution in [0, 0.1) is 11.3 Å². The number of nitrogens with zero attached hydrogens (tertiary/aromatic N) is 6. The first-order valence-corrected chi connectivity index (χ1v) is 19.5. The molecule has 0 bridgehead atoms. The number of fused-ring (bicyclic) bond motifs is 10. The van der Waals surface area contributed by atoms with E-state index in [1.54, 1.807) is 0 Å². The Hall–Kier alpha value is -8.34. The fourth-order valence-electron chi connectivity index (χ4n) is 8.78. The van der Waals surface area contributed by atoms with Crippen LogP contribution in [0.15, 0.2) is 186 Å². The maximum atomic E-state index is 10.9. The third kappa shape index (κ3) is 5.04. The molecule has 4 aromatic heterocycles. The van der Waals surface area contributed by atoms with E-state index in [0.717, 1.165) is 88.2 Å². The Morgan fingerprint density at radius 1 is 0.424 bits per heavy atom. The minimum atomic E-state index is 0.491. The minimum Gasteiger partial charge on any atom is -0.456 e. The van der Waals surface area contributed by atoms with Crippen LogP contribution in [-0.2, 0) is 0 Å². The van der Waals surface area contributed by atoms with Gasteiger partial charge in [-0.05, 0) is 60.7 Å². The zero-order valence-electron chi connectivity index (χ0n) is 31.4. The van der Waals surface area contributed by atoms with Gasteiger partial charge >= 0.3 is 0 Å². The van der Waals surface area contributed by atoms with Gasteiger partial charge in [-0.15, -0.1) is 0 Å². The summed E-state index contributed by atoms with van der Waals surface area (Å²) in [6, 6.07) is 64.3. The van der Waals surface area contributed by atoms with Crippen LogP contribution >= 0.6 is 0 Å². The molecule has 0 aliphatic heterocycles. The molecule has 7 nitrogen and oxygen atoms in total. The summed E-state index contributed by atoms with van der Waals surface area (Å²) in [6.07, 6.45) is 0. The van der Waals surface area contributed by atoms with Crippen molar-refractivity contribution in [2.75, 3.05) is 0 Å². The zero-order chi connectivity index (χ0) is 39.0. The van der Waals surface area contributed by atoms with E-state index < -0.39 is 0 Å². The number of furan rings is 1. The van der Waals surface area contributed by atoms with Gasteiger partial charge in [-0.25, -0.2) is 15.0 Å². The fourth-order valence-corrected chi connectivity index (χ4v) is 8.78. The second-order valence-electron chi connectivity index (χ2n) is 14.7. The van der Waals surface area contributed by atoms with Crippen molar-refractivity contribution in [1.82, 2.24) is 24.1 Å². The molecule has 0 radical (unpaired) electrons. The van der Waals surface area contributed by atoms with Crippen LogP contribution in [0.1, 0.15) is 5.56 Å². The van der Waals surface area contributed by atoms with Gasteiger partial charge in [0, 0.05) is 55.4 Å². The normalized spacial score (nSPS) is 11.7.